The molecule has 1 N–H and O–H groups in total. The van der Waals surface area contributed by atoms with Crippen LogP contribution in [0.2, 0.25) is 0 Å². The Labute approximate surface area is 114 Å². The lowest BCUT2D eigenvalue weighted by atomic mass is 10.0. The molecule has 0 aliphatic rings. The lowest BCUT2D eigenvalue weighted by Gasteiger charge is -2.09. The summed E-state index contributed by atoms with van der Waals surface area (Å²) in [7, 11) is 1.47. The number of nitro benzene ring substituents is 1. The van der Waals surface area contributed by atoms with Gasteiger partial charge in [-0.05, 0) is 18.2 Å². The monoisotopic (exact) mass is 273 g/mol. The lowest BCUT2D eigenvalue weighted by Crippen LogP contribution is -2.00. The normalized spacial score (nSPS) is 10.1. The second-order valence-corrected chi connectivity index (χ2v) is 3.99. The Balaban J connectivity index is 2.67. The maximum atomic E-state index is 11.1. The van der Waals surface area contributed by atoms with Gasteiger partial charge in [0.15, 0.2) is 0 Å². The molecule has 0 unspecified atom stereocenters. The van der Waals surface area contributed by atoms with E-state index in [0.717, 1.165) is 6.07 Å². The van der Waals surface area contributed by atoms with Gasteiger partial charge in [-0.1, -0.05) is 18.2 Å². The molecule has 102 valence electrons. The van der Waals surface area contributed by atoms with Crippen LogP contribution in [0, 0.1) is 10.1 Å². The van der Waals surface area contributed by atoms with Gasteiger partial charge in [0.25, 0.3) is 5.69 Å². The van der Waals surface area contributed by atoms with Crippen molar-refractivity contribution in [3.05, 3.63) is 58.1 Å². The Hall–Kier alpha value is -2.89. The van der Waals surface area contributed by atoms with Gasteiger partial charge in [-0.15, -0.1) is 0 Å². The molecule has 0 saturated heterocycles. The molecule has 0 spiro atoms. The Bertz CT molecular complexity index is 681. The van der Waals surface area contributed by atoms with Crippen molar-refractivity contribution in [2.45, 2.75) is 0 Å². The zero-order chi connectivity index (χ0) is 14.7. The first-order valence-electron chi connectivity index (χ1n) is 5.69. The van der Waals surface area contributed by atoms with Crippen molar-refractivity contribution in [2.75, 3.05) is 7.11 Å². The summed E-state index contributed by atoms with van der Waals surface area (Å²) < 4.78 is 5.17. The van der Waals surface area contributed by atoms with Crippen LogP contribution in [0.25, 0.3) is 11.1 Å². The summed E-state index contributed by atoms with van der Waals surface area (Å²) in [4.78, 5) is 21.4. The molecule has 20 heavy (non-hydrogen) atoms. The average molecular weight is 273 g/mol. The predicted molar refractivity (Wildman–Crippen MR) is 72.0 cm³/mol. The first-order valence-corrected chi connectivity index (χ1v) is 5.69. The van der Waals surface area contributed by atoms with Crippen molar-refractivity contribution in [3.63, 3.8) is 0 Å². The van der Waals surface area contributed by atoms with Crippen LogP contribution in [-0.4, -0.2) is 23.1 Å². The Morgan fingerprint density at radius 2 is 1.90 bits per heavy atom. The summed E-state index contributed by atoms with van der Waals surface area (Å²) in [5.41, 5.74) is 0.459. The van der Waals surface area contributed by atoms with E-state index in [1.54, 1.807) is 24.3 Å². The number of ether oxygens (including phenoxy) is 1. The van der Waals surface area contributed by atoms with E-state index in [9.17, 15) is 14.9 Å². The minimum atomic E-state index is -1.21. The van der Waals surface area contributed by atoms with Crippen molar-refractivity contribution in [1.82, 2.24) is 0 Å². The fourth-order valence-corrected chi connectivity index (χ4v) is 1.91. The number of benzene rings is 2. The number of nitrogens with zero attached hydrogens (tertiary/aromatic N) is 1. The predicted octanol–water partition coefficient (Wildman–Crippen LogP) is 2.97. The summed E-state index contributed by atoms with van der Waals surface area (Å²) >= 11 is 0. The smallest absolute Gasteiger partial charge is 0.335 e. The number of aromatic carboxylic acids is 1. The summed E-state index contributed by atoms with van der Waals surface area (Å²) in [6, 6.07) is 10.6. The molecule has 0 aliphatic carbocycles. The molecular weight excluding hydrogens is 262 g/mol. The van der Waals surface area contributed by atoms with Crippen molar-refractivity contribution >= 4 is 11.7 Å². The average Bonchev–Trinajstić information content (AvgIpc) is 2.46. The molecule has 0 atom stereocenters. The van der Waals surface area contributed by atoms with E-state index in [2.05, 4.69) is 0 Å². The number of carboxylic acids is 1. The molecule has 0 aliphatic heterocycles. The highest BCUT2D eigenvalue weighted by Crippen LogP contribution is 2.36. The quantitative estimate of drug-likeness (QED) is 0.683. The highest BCUT2D eigenvalue weighted by Gasteiger charge is 2.20. The second-order valence-electron chi connectivity index (χ2n) is 3.99. The van der Waals surface area contributed by atoms with Gasteiger partial charge in [0.05, 0.1) is 23.2 Å². The third-order valence-electron chi connectivity index (χ3n) is 2.84. The highest BCUT2D eigenvalue weighted by molar-refractivity contribution is 5.91. The van der Waals surface area contributed by atoms with Crippen molar-refractivity contribution < 1.29 is 19.6 Å². The molecule has 6 nitrogen and oxygen atoms in total. The third-order valence-corrected chi connectivity index (χ3v) is 2.84. The van der Waals surface area contributed by atoms with E-state index >= 15 is 0 Å². The van der Waals surface area contributed by atoms with Crippen molar-refractivity contribution in [1.29, 1.82) is 0 Å². The number of rotatable bonds is 4. The molecule has 0 bridgehead atoms. The van der Waals surface area contributed by atoms with Crippen LogP contribution in [-0.2, 0) is 0 Å². The zero-order valence-corrected chi connectivity index (χ0v) is 10.6. The van der Waals surface area contributed by atoms with Crippen LogP contribution >= 0.6 is 0 Å². The van der Waals surface area contributed by atoms with Crippen molar-refractivity contribution in [2.24, 2.45) is 0 Å². The van der Waals surface area contributed by atoms with E-state index in [0.29, 0.717) is 16.9 Å². The van der Waals surface area contributed by atoms with Gasteiger partial charge in [-0.3, -0.25) is 10.1 Å². The van der Waals surface area contributed by atoms with Crippen LogP contribution in [0.15, 0.2) is 42.5 Å². The number of carboxylic acid groups (broad SMARTS) is 1. The zero-order valence-electron chi connectivity index (χ0n) is 10.6. The van der Waals surface area contributed by atoms with Crippen LogP contribution in [0.5, 0.6) is 5.75 Å². The molecule has 6 heteroatoms. The van der Waals surface area contributed by atoms with Gasteiger partial charge in [-0.25, -0.2) is 4.79 Å². The van der Waals surface area contributed by atoms with E-state index in [1.165, 1.54) is 19.2 Å². The number of para-hydroxylation sites is 1. The lowest BCUT2D eigenvalue weighted by molar-refractivity contribution is -0.384. The number of carbonyl (C=O) groups is 1. The van der Waals surface area contributed by atoms with Crippen LogP contribution in [0.3, 0.4) is 0 Å². The fourth-order valence-electron chi connectivity index (χ4n) is 1.91. The molecule has 2 aromatic carbocycles. The largest absolute Gasteiger partial charge is 0.496 e. The van der Waals surface area contributed by atoms with E-state index in [4.69, 9.17) is 9.84 Å². The highest BCUT2D eigenvalue weighted by atomic mass is 16.6. The van der Waals surface area contributed by atoms with Crippen LogP contribution < -0.4 is 4.74 Å². The van der Waals surface area contributed by atoms with Crippen LogP contribution in [0.4, 0.5) is 5.69 Å². The van der Waals surface area contributed by atoms with Gasteiger partial charge < -0.3 is 9.84 Å². The molecule has 2 aromatic rings. The van der Waals surface area contributed by atoms with Gasteiger partial charge in [-0.2, -0.15) is 0 Å². The van der Waals surface area contributed by atoms with E-state index in [-0.39, 0.29) is 11.3 Å². The van der Waals surface area contributed by atoms with Crippen LogP contribution in [0.1, 0.15) is 10.4 Å². The molecular formula is C14H11NO5. The minimum absolute atomic E-state index is 0.129. The number of hydrogen-bond donors (Lipinski definition) is 1. The van der Waals surface area contributed by atoms with Crippen molar-refractivity contribution in [3.8, 4) is 16.9 Å². The topological polar surface area (TPSA) is 89.7 Å². The number of nitro groups is 1. The number of methoxy groups -OCH3 is 1. The van der Waals surface area contributed by atoms with E-state index in [1.807, 2.05) is 0 Å². The third kappa shape index (κ3) is 2.44. The molecule has 2 rings (SSSR count). The molecule has 0 fully saturated rings. The molecule has 0 aromatic heterocycles. The fraction of sp³-hybridized carbons (Fsp3) is 0.0714. The number of hydrogen-bond acceptors (Lipinski definition) is 4. The maximum Gasteiger partial charge on any atom is 0.335 e. The maximum absolute atomic E-state index is 11.1. The van der Waals surface area contributed by atoms with Gasteiger partial charge in [0.1, 0.15) is 5.75 Å². The standard InChI is InChI=1S/C14H11NO5/c1-20-13-5-3-2-4-11(13)10-7-6-9(14(16)17)8-12(10)15(18)19/h2-8H,1H3,(H,16,17). The summed E-state index contributed by atoms with van der Waals surface area (Å²) in [6.07, 6.45) is 0. The SMILES string of the molecule is COc1ccccc1-c1ccc(C(=O)O)cc1[N+](=O)[O-]. The molecule has 0 radical (unpaired) electrons. The Kier molecular flexibility index (Phi) is 3.65. The Morgan fingerprint density at radius 1 is 1.20 bits per heavy atom. The molecule has 0 amide bonds. The van der Waals surface area contributed by atoms with Gasteiger partial charge >= 0.3 is 5.97 Å². The second kappa shape index (κ2) is 5.40. The minimum Gasteiger partial charge on any atom is -0.496 e. The molecule has 0 heterocycles. The first-order chi connectivity index (χ1) is 9.54. The van der Waals surface area contributed by atoms with Gasteiger partial charge in [0.2, 0.25) is 0 Å². The first kappa shape index (κ1) is 13.5. The van der Waals surface area contributed by atoms with E-state index < -0.39 is 10.9 Å². The Morgan fingerprint density at radius 3 is 2.50 bits per heavy atom. The summed E-state index contributed by atoms with van der Waals surface area (Å²) in [5, 5.41) is 20.0. The summed E-state index contributed by atoms with van der Waals surface area (Å²) in [5.74, 6) is -0.724. The van der Waals surface area contributed by atoms with Gasteiger partial charge in [0, 0.05) is 11.6 Å². The molecule has 0 saturated carbocycles. The summed E-state index contributed by atoms with van der Waals surface area (Å²) in [6.45, 7) is 0.